The number of aromatic nitrogens is 2. The molecule has 0 spiro atoms. The summed E-state index contributed by atoms with van der Waals surface area (Å²) in [6.07, 6.45) is -0.970. The van der Waals surface area contributed by atoms with E-state index in [2.05, 4.69) is 27.0 Å². The lowest BCUT2D eigenvalue weighted by atomic mass is 9.83. The van der Waals surface area contributed by atoms with Gasteiger partial charge in [0.2, 0.25) is 0 Å². The van der Waals surface area contributed by atoms with E-state index < -0.39 is 17.5 Å². The maximum Gasteiger partial charge on any atom is 0.416 e. The number of aromatic hydroxyl groups is 1. The lowest BCUT2D eigenvalue weighted by molar-refractivity contribution is -0.137. The van der Waals surface area contributed by atoms with Crippen LogP contribution in [0.5, 0.6) is 5.75 Å². The molecule has 0 unspecified atom stereocenters. The molecule has 156 valence electrons. The fourth-order valence-electron chi connectivity index (χ4n) is 4.68. The third kappa shape index (κ3) is 3.90. The largest absolute Gasteiger partial charge is 0.507 e. The number of phenolic OH excluding ortho intramolecular Hbond substituents is 1. The summed E-state index contributed by atoms with van der Waals surface area (Å²) >= 11 is 0. The fourth-order valence-corrected chi connectivity index (χ4v) is 4.68. The topological polar surface area (TPSA) is 52.5 Å². The molecule has 0 amide bonds. The molecule has 1 N–H and O–H groups in total. The molecular formula is C21H25F3N4O. The predicted molar refractivity (Wildman–Crippen MR) is 105 cm³/mol. The van der Waals surface area contributed by atoms with Gasteiger partial charge in [-0.2, -0.15) is 13.2 Å². The highest BCUT2D eigenvalue weighted by Crippen LogP contribution is 2.39. The minimum atomic E-state index is -4.51. The number of likely N-dealkylation sites (N-methyl/N-ethyl adjacent to an activating group) is 1. The van der Waals surface area contributed by atoms with Gasteiger partial charge in [0.05, 0.1) is 11.3 Å². The number of nitrogens with zero attached hydrogens (tertiary/aromatic N) is 4. The number of hydrogen-bond donors (Lipinski definition) is 1. The summed E-state index contributed by atoms with van der Waals surface area (Å²) in [6, 6.07) is 5.76. The van der Waals surface area contributed by atoms with Crippen molar-refractivity contribution in [2.45, 2.75) is 38.4 Å². The molecule has 0 bridgehead atoms. The first-order valence-corrected chi connectivity index (χ1v) is 9.94. The number of hydrogen-bond acceptors (Lipinski definition) is 5. The molecule has 5 nitrogen and oxygen atoms in total. The quantitative estimate of drug-likeness (QED) is 0.814. The highest BCUT2D eigenvalue weighted by atomic mass is 19.4. The molecular weight excluding hydrogens is 381 g/mol. The normalized spacial score (nSPS) is 23.1. The fraction of sp³-hybridized carbons (Fsp3) is 0.524. The Bertz CT molecular complexity index is 861. The van der Waals surface area contributed by atoms with Gasteiger partial charge in [-0.3, -0.25) is 0 Å². The van der Waals surface area contributed by atoms with Gasteiger partial charge in [-0.15, -0.1) is 10.2 Å². The molecule has 2 aliphatic heterocycles. The zero-order valence-corrected chi connectivity index (χ0v) is 16.6. The third-order valence-corrected chi connectivity index (χ3v) is 6.14. The van der Waals surface area contributed by atoms with Gasteiger partial charge in [-0.05, 0) is 75.5 Å². The minimum Gasteiger partial charge on any atom is -0.507 e. The number of halogens is 3. The molecule has 0 saturated carbocycles. The molecule has 4 rings (SSSR count). The van der Waals surface area contributed by atoms with E-state index in [0.717, 1.165) is 44.0 Å². The van der Waals surface area contributed by atoms with Crippen LogP contribution >= 0.6 is 0 Å². The first kappa shape index (κ1) is 19.9. The highest BCUT2D eigenvalue weighted by molar-refractivity contribution is 5.71. The molecule has 1 aromatic carbocycles. The van der Waals surface area contributed by atoms with Crippen LogP contribution in [0.1, 0.15) is 30.4 Å². The molecule has 0 radical (unpaired) electrons. The first-order valence-electron chi connectivity index (χ1n) is 9.94. The number of rotatable bonds is 2. The van der Waals surface area contributed by atoms with Crippen LogP contribution in [0.15, 0.2) is 24.3 Å². The van der Waals surface area contributed by atoms with Crippen LogP contribution in [-0.2, 0) is 6.18 Å². The van der Waals surface area contributed by atoms with Gasteiger partial charge < -0.3 is 14.9 Å². The summed E-state index contributed by atoms with van der Waals surface area (Å²) < 4.78 is 38.9. The molecule has 2 fully saturated rings. The zero-order valence-electron chi connectivity index (χ0n) is 16.6. The zero-order chi connectivity index (χ0) is 20.8. The summed E-state index contributed by atoms with van der Waals surface area (Å²) in [4.78, 5) is 4.64. The van der Waals surface area contributed by atoms with Crippen LogP contribution in [0.25, 0.3) is 11.3 Å². The van der Waals surface area contributed by atoms with E-state index >= 15 is 0 Å². The minimum absolute atomic E-state index is 0.283. The number of anilines is 1. The van der Waals surface area contributed by atoms with E-state index in [1.54, 1.807) is 6.07 Å². The second kappa shape index (κ2) is 7.48. The van der Waals surface area contributed by atoms with Gasteiger partial charge in [-0.25, -0.2) is 0 Å². The average Bonchev–Trinajstić information content (AvgIpc) is 2.67. The molecule has 2 saturated heterocycles. The molecule has 2 aliphatic rings. The Kier molecular flexibility index (Phi) is 5.14. The summed E-state index contributed by atoms with van der Waals surface area (Å²) in [7, 11) is 2.13. The smallest absolute Gasteiger partial charge is 0.416 e. The molecule has 29 heavy (non-hydrogen) atoms. The standard InChI is InChI=1S/C21H25F3N4O/c1-13-10-15(21(22,23)24)11-18(29)20(13)16-5-6-19(26-25-16)28-8-3-4-14-7-9-27(2)12-17(14)28/h5-6,10-11,14,17,29H,3-4,7-9,12H2,1-2H3/t14-,17+/m0/s1. The third-order valence-electron chi connectivity index (χ3n) is 6.14. The van der Waals surface area contributed by atoms with Gasteiger partial charge >= 0.3 is 6.18 Å². The lowest BCUT2D eigenvalue weighted by Gasteiger charge is -2.47. The molecule has 2 aromatic rings. The molecule has 1 aromatic heterocycles. The number of likely N-dealkylation sites (tertiary alicyclic amines) is 1. The number of aryl methyl sites for hydroxylation is 1. The Hall–Kier alpha value is -2.35. The van der Waals surface area contributed by atoms with Crippen molar-refractivity contribution in [1.29, 1.82) is 0 Å². The molecule has 2 atom stereocenters. The van der Waals surface area contributed by atoms with Crippen molar-refractivity contribution in [1.82, 2.24) is 15.1 Å². The Morgan fingerprint density at radius 3 is 2.55 bits per heavy atom. The maximum absolute atomic E-state index is 13.0. The number of piperidine rings is 2. The number of phenols is 1. The van der Waals surface area contributed by atoms with E-state index in [1.165, 1.54) is 19.8 Å². The first-order chi connectivity index (χ1) is 13.7. The highest BCUT2D eigenvalue weighted by Gasteiger charge is 2.36. The van der Waals surface area contributed by atoms with Gasteiger partial charge in [0.25, 0.3) is 0 Å². The second-order valence-corrected chi connectivity index (χ2v) is 8.18. The van der Waals surface area contributed by atoms with Crippen LogP contribution in [-0.4, -0.2) is 52.9 Å². The number of alkyl halides is 3. The Morgan fingerprint density at radius 1 is 1.10 bits per heavy atom. The van der Waals surface area contributed by atoms with Crippen molar-refractivity contribution in [3.63, 3.8) is 0 Å². The van der Waals surface area contributed by atoms with Gasteiger partial charge in [0.15, 0.2) is 5.82 Å². The van der Waals surface area contributed by atoms with E-state index in [4.69, 9.17) is 0 Å². The molecule has 8 heteroatoms. The average molecular weight is 406 g/mol. The molecule has 3 heterocycles. The molecule has 0 aliphatic carbocycles. The SMILES string of the molecule is Cc1cc(C(F)(F)F)cc(O)c1-c1ccc(N2CCC[C@H]3CCN(C)C[C@H]32)nn1. The Balaban J connectivity index is 1.61. The van der Waals surface area contributed by atoms with E-state index in [1.807, 2.05) is 6.07 Å². The van der Waals surface area contributed by atoms with E-state index in [9.17, 15) is 18.3 Å². The Morgan fingerprint density at radius 2 is 1.90 bits per heavy atom. The van der Waals surface area contributed by atoms with Crippen molar-refractivity contribution in [3.8, 4) is 17.0 Å². The van der Waals surface area contributed by atoms with Crippen molar-refractivity contribution in [2.75, 3.05) is 31.6 Å². The van der Waals surface area contributed by atoms with E-state index in [0.29, 0.717) is 23.2 Å². The predicted octanol–water partition coefficient (Wildman–Crippen LogP) is 4.10. The van der Waals surface area contributed by atoms with Crippen LogP contribution in [0.4, 0.5) is 19.0 Å². The van der Waals surface area contributed by atoms with Gasteiger partial charge in [-0.1, -0.05) is 0 Å². The van der Waals surface area contributed by atoms with Crippen LogP contribution in [0, 0.1) is 12.8 Å². The van der Waals surface area contributed by atoms with Crippen molar-refractivity contribution < 1.29 is 18.3 Å². The van der Waals surface area contributed by atoms with Crippen molar-refractivity contribution in [3.05, 3.63) is 35.4 Å². The maximum atomic E-state index is 13.0. The number of benzene rings is 1. The van der Waals surface area contributed by atoms with Crippen molar-refractivity contribution >= 4 is 5.82 Å². The monoisotopic (exact) mass is 406 g/mol. The van der Waals surface area contributed by atoms with E-state index in [-0.39, 0.29) is 5.56 Å². The summed E-state index contributed by atoms with van der Waals surface area (Å²) in [6.45, 7) is 4.57. The van der Waals surface area contributed by atoms with Crippen LogP contribution in [0.2, 0.25) is 0 Å². The van der Waals surface area contributed by atoms with Crippen molar-refractivity contribution in [2.24, 2.45) is 5.92 Å². The Labute approximate surface area is 168 Å². The van der Waals surface area contributed by atoms with Crippen LogP contribution < -0.4 is 4.90 Å². The van der Waals surface area contributed by atoms with Gasteiger partial charge in [0, 0.05) is 24.7 Å². The summed E-state index contributed by atoms with van der Waals surface area (Å²) in [5.41, 5.74) is 0.0886. The second-order valence-electron chi connectivity index (χ2n) is 8.18. The number of fused-ring (bicyclic) bond motifs is 1. The lowest BCUT2D eigenvalue weighted by Crippen LogP contribution is -2.55. The van der Waals surface area contributed by atoms with Crippen LogP contribution in [0.3, 0.4) is 0 Å². The summed E-state index contributed by atoms with van der Waals surface area (Å²) in [5.74, 6) is 0.997. The van der Waals surface area contributed by atoms with Gasteiger partial charge in [0.1, 0.15) is 5.75 Å². The summed E-state index contributed by atoms with van der Waals surface area (Å²) in [5, 5.41) is 18.8.